The Morgan fingerprint density at radius 1 is 1.26 bits per heavy atom. The number of aromatic nitrogens is 1. The van der Waals surface area contributed by atoms with Crippen molar-refractivity contribution < 1.29 is 0 Å². The monoisotopic (exact) mass is 282 g/mol. The molecule has 1 rings (SSSR count). The summed E-state index contributed by atoms with van der Waals surface area (Å²) >= 11 is 1.73. The van der Waals surface area contributed by atoms with Crippen molar-refractivity contribution in [2.45, 2.75) is 46.5 Å². The van der Waals surface area contributed by atoms with Crippen LogP contribution < -0.4 is 10.6 Å². The van der Waals surface area contributed by atoms with Crippen molar-refractivity contribution in [2.24, 2.45) is 4.99 Å². The van der Waals surface area contributed by atoms with Crippen LogP contribution in [0.25, 0.3) is 0 Å². The molecule has 0 bridgehead atoms. The van der Waals surface area contributed by atoms with Gasteiger partial charge in [-0.05, 0) is 13.8 Å². The van der Waals surface area contributed by atoms with Gasteiger partial charge in [-0.1, -0.05) is 20.8 Å². The summed E-state index contributed by atoms with van der Waals surface area (Å²) in [5.41, 5.74) is 1.31. The third kappa shape index (κ3) is 5.59. The summed E-state index contributed by atoms with van der Waals surface area (Å²) in [6, 6.07) is 0. The molecule has 0 unspecified atom stereocenters. The molecule has 0 radical (unpaired) electrons. The van der Waals surface area contributed by atoms with Crippen LogP contribution in [0.5, 0.6) is 0 Å². The van der Waals surface area contributed by atoms with Crippen LogP contribution in [-0.2, 0) is 11.8 Å². The lowest BCUT2D eigenvalue weighted by Crippen LogP contribution is -2.37. The number of thiazole rings is 1. The molecule has 0 saturated carbocycles. The standard InChI is InChI=1S/C14H26N4S/c1-6-15-13(16-7-2)17-9-8-12-18-11(10-19-12)14(3,4)5/h10H,6-9H2,1-5H3,(H2,15,16,17). The van der Waals surface area contributed by atoms with Crippen LogP contribution in [0.15, 0.2) is 10.4 Å². The van der Waals surface area contributed by atoms with Crippen LogP contribution in [0.3, 0.4) is 0 Å². The molecule has 0 aliphatic carbocycles. The first-order valence-corrected chi connectivity index (χ1v) is 7.82. The number of hydrogen-bond acceptors (Lipinski definition) is 3. The number of aliphatic imine (C=N–C) groups is 1. The Balaban J connectivity index is 2.52. The molecule has 1 aromatic heterocycles. The minimum Gasteiger partial charge on any atom is -0.357 e. The summed E-state index contributed by atoms with van der Waals surface area (Å²) in [6.45, 7) is 13.3. The van der Waals surface area contributed by atoms with Gasteiger partial charge >= 0.3 is 0 Å². The Hall–Kier alpha value is -1.10. The van der Waals surface area contributed by atoms with E-state index in [1.165, 1.54) is 10.7 Å². The van der Waals surface area contributed by atoms with Crippen LogP contribution in [0.4, 0.5) is 0 Å². The fourth-order valence-electron chi connectivity index (χ4n) is 1.54. The third-order valence-electron chi connectivity index (χ3n) is 2.60. The number of hydrogen-bond donors (Lipinski definition) is 2. The topological polar surface area (TPSA) is 49.3 Å². The Labute approximate surface area is 120 Å². The maximum Gasteiger partial charge on any atom is 0.191 e. The first-order chi connectivity index (χ1) is 8.97. The lowest BCUT2D eigenvalue weighted by atomic mass is 9.93. The van der Waals surface area contributed by atoms with E-state index in [1.807, 2.05) is 0 Å². The molecule has 19 heavy (non-hydrogen) atoms. The lowest BCUT2D eigenvalue weighted by Gasteiger charge is -2.14. The minimum absolute atomic E-state index is 0.136. The smallest absolute Gasteiger partial charge is 0.191 e. The predicted octanol–water partition coefficient (Wildman–Crippen LogP) is 2.56. The summed E-state index contributed by atoms with van der Waals surface area (Å²) in [6.07, 6.45) is 0.904. The Bertz CT molecular complexity index is 396. The van der Waals surface area contributed by atoms with E-state index < -0.39 is 0 Å². The van der Waals surface area contributed by atoms with Crippen LogP contribution in [0, 0.1) is 0 Å². The predicted molar refractivity (Wildman–Crippen MR) is 84.2 cm³/mol. The summed E-state index contributed by atoms with van der Waals surface area (Å²) in [7, 11) is 0. The summed E-state index contributed by atoms with van der Waals surface area (Å²) in [4.78, 5) is 9.21. The van der Waals surface area contributed by atoms with Gasteiger partial charge in [0, 0.05) is 36.9 Å². The van der Waals surface area contributed by atoms with E-state index in [4.69, 9.17) is 0 Å². The molecule has 0 aliphatic rings. The SMILES string of the molecule is CCNC(=NCCc1nc(C(C)(C)C)cs1)NCC. The van der Waals surface area contributed by atoms with Crippen molar-refractivity contribution in [2.75, 3.05) is 19.6 Å². The van der Waals surface area contributed by atoms with Crippen molar-refractivity contribution in [3.63, 3.8) is 0 Å². The molecule has 2 N–H and O–H groups in total. The molecule has 0 saturated heterocycles. The summed E-state index contributed by atoms with van der Waals surface area (Å²) in [5.74, 6) is 0.887. The summed E-state index contributed by atoms with van der Waals surface area (Å²) < 4.78 is 0. The van der Waals surface area contributed by atoms with E-state index in [1.54, 1.807) is 11.3 Å². The van der Waals surface area contributed by atoms with Crippen LogP contribution in [0.1, 0.15) is 45.3 Å². The largest absolute Gasteiger partial charge is 0.357 e. The molecule has 1 aromatic rings. The second-order valence-corrected chi connectivity index (χ2v) is 6.36. The van der Waals surface area contributed by atoms with Gasteiger partial charge in [0.05, 0.1) is 10.7 Å². The molecule has 0 aliphatic heterocycles. The van der Waals surface area contributed by atoms with E-state index >= 15 is 0 Å². The van der Waals surface area contributed by atoms with Gasteiger partial charge in [-0.2, -0.15) is 0 Å². The highest BCUT2D eigenvalue weighted by Gasteiger charge is 2.17. The molecule has 0 atom stereocenters. The zero-order chi connectivity index (χ0) is 14.3. The van der Waals surface area contributed by atoms with Gasteiger partial charge in [-0.15, -0.1) is 11.3 Å². The van der Waals surface area contributed by atoms with Crippen LogP contribution in [0.2, 0.25) is 0 Å². The van der Waals surface area contributed by atoms with E-state index in [0.717, 1.165) is 32.0 Å². The molecule has 4 nitrogen and oxygen atoms in total. The average Bonchev–Trinajstić information content (AvgIpc) is 2.78. The highest BCUT2D eigenvalue weighted by molar-refractivity contribution is 7.09. The maximum absolute atomic E-state index is 4.68. The van der Waals surface area contributed by atoms with Crippen molar-refractivity contribution >= 4 is 17.3 Å². The van der Waals surface area contributed by atoms with Gasteiger partial charge in [0.2, 0.25) is 0 Å². The number of nitrogens with zero attached hydrogens (tertiary/aromatic N) is 2. The molecule has 1 heterocycles. The van der Waals surface area contributed by atoms with Gasteiger partial charge in [0.15, 0.2) is 5.96 Å². The quantitative estimate of drug-likeness (QED) is 0.644. The van der Waals surface area contributed by atoms with Crippen LogP contribution >= 0.6 is 11.3 Å². The fourth-order valence-corrected chi connectivity index (χ4v) is 2.56. The van der Waals surface area contributed by atoms with Crippen molar-refractivity contribution in [1.29, 1.82) is 0 Å². The Kier molecular flexibility index (Phi) is 6.28. The lowest BCUT2D eigenvalue weighted by molar-refractivity contribution is 0.571. The second-order valence-electron chi connectivity index (χ2n) is 5.42. The molecule has 0 amide bonds. The zero-order valence-electron chi connectivity index (χ0n) is 12.7. The first kappa shape index (κ1) is 16.0. The van der Waals surface area contributed by atoms with E-state index in [9.17, 15) is 0 Å². The number of rotatable bonds is 5. The summed E-state index contributed by atoms with van der Waals surface area (Å²) in [5, 5.41) is 9.77. The average molecular weight is 282 g/mol. The molecular weight excluding hydrogens is 256 g/mol. The molecule has 0 aromatic carbocycles. The number of guanidine groups is 1. The van der Waals surface area contributed by atoms with Crippen LogP contribution in [-0.4, -0.2) is 30.6 Å². The van der Waals surface area contributed by atoms with Gasteiger partial charge in [0.25, 0.3) is 0 Å². The van der Waals surface area contributed by atoms with E-state index in [2.05, 4.69) is 60.6 Å². The van der Waals surface area contributed by atoms with Gasteiger partial charge in [-0.3, -0.25) is 4.99 Å². The van der Waals surface area contributed by atoms with Gasteiger partial charge in [-0.25, -0.2) is 4.98 Å². The molecule has 0 fully saturated rings. The fraction of sp³-hybridized carbons (Fsp3) is 0.714. The number of nitrogens with one attached hydrogen (secondary N) is 2. The van der Waals surface area contributed by atoms with Gasteiger partial charge in [0.1, 0.15) is 0 Å². The van der Waals surface area contributed by atoms with Gasteiger partial charge < -0.3 is 10.6 Å². The van der Waals surface area contributed by atoms with Crippen molar-refractivity contribution in [3.05, 3.63) is 16.1 Å². The molecule has 0 spiro atoms. The molecule has 108 valence electrons. The van der Waals surface area contributed by atoms with Crippen molar-refractivity contribution in [3.8, 4) is 0 Å². The first-order valence-electron chi connectivity index (χ1n) is 6.94. The van der Waals surface area contributed by atoms with Crippen molar-refractivity contribution in [1.82, 2.24) is 15.6 Å². The Morgan fingerprint density at radius 2 is 1.89 bits per heavy atom. The second kappa shape index (κ2) is 7.48. The molecule has 5 heteroatoms. The highest BCUT2D eigenvalue weighted by Crippen LogP contribution is 2.23. The molecular formula is C14H26N4S. The maximum atomic E-state index is 4.68. The normalized spacial score (nSPS) is 11.2. The highest BCUT2D eigenvalue weighted by atomic mass is 32.1. The van der Waals surface area contributed by atoms with E-state index in [-0.39, 0.29) is 5.41 Å². The Morgan fingerprint density at radius 3 is 2.37 bits per heavy atom. The zero-order valence-corrected chi connectivity index (χ0v) is 13.5. The minimum atomic E-state index is 0.136. The third-order valence-corrected chi connectivity index (χ3v) is 3.51. The van der Waals surface area contributed by atoms with E-state index in [0.29, 0.717) is 0 Å².